The van der Waals surface area contributed by atoms with Crippen molar-refractivity contribution >= 4 is 5.91 Å². The lowest BCUT2D eigenvalue weighted by Crippen LogP contribution is -2.44. The molecule has 0 radical (unpaired) electrons. The minimum Gasteiger partial charge on any atom is -0.381 e. The van der Waals surface area contributed by atoms with E-state index in [4.69, 9.17) is 0 Å². The van der Waals surface area contributed by atoms with Gasteiger partial charge in [-0.2, -0.15) is 0 Å². The normalized spacial score (nSPS) is 19.6. The third-order valence-electron chi connectivity index (χ3n) is 3.27. The molecule has 0 unspecified atom stereocenters. The molecule has 0 saturated heterocycles. The maximum Gasteiger partial charge on any atom is 0.251 e. The van der Waals surface area contributed by atoms with Crippen LogP contribution in [0.15, 0.2) is 0 Å². The van der Waals surface area contributed by atoms with Gasteiger partial charge in [-0.25, -0.2) is 0 Å². The zero-order valence-electron chi connectivity index (χ0n) is 9.55. The van der Waals surface area contributed by atoms with Crippen LogP contribution >= 0.6 is 0 Å². The van der Waals surface area contributed by atoms with Gasteiger partial charge in [0.25, 0.3) is 5.91 Å². The average Bonchev–Trinajstić information content (AvgIpc) is 2.78. The molecule has 0 aromatic heterocycles. The van der Waals surface area contributed by atoms with Crippen molar-refractivity contribution in [3.8, 4) is 0 Å². The summed E-state index contributed by atoms with van der Waals surface area (Å²) in [4.78, 5) is 11.4. The number of nitrogens with one attached hydrogen (secondary N) is 1. The molecule has 1 amide bonds. The Morgan fingerprint density at radius 1 is 1.50 bits per heavy atom. The number of rotatable bonds is 4. The smallest absolute Gasteiger partial charge is 0.251 e. The summed E-state index contributed by atoms with van der Waals surface area (Å²) in [7, 11) is 0. The first-order valence-electron chi connectivity index (χ1n) is 5.29. The van der Waals surface area contributed by atoms with Crippen LogP contribution in [0.2, 0.25) is 0 Å². The summed E-state index contributed by atoms with van der Waals surface area (Å²) in [5.74, 6) is 0.328. The highest BCUT2D eigenvalue weighted by atomic mass is 16.3. The zero-order chi connectivity index (χ0) is 11.0. The molecule has 3 nitrogen and oxygen atoms in total. The van der Waals surface area contributed by atoms with E-state index in [1.165, 1.54) is 26.7 Å². The highest BCUT2D eigenvalue weighted by molar-refractivity contribution is 5.83. The van der Waals surface area contributed by atoms with E-state index in [0.717, 1.165) is 0 Å². The molecular formula is C11H21NO2. The van der Waals surface area contributed by atoms with Gasteiger partial charge in [-0.3, -0.25) is 4.79 Å². The molecule has 82 valence electrons. The van der Waals surface area contributed by atoms with Gasteiger partial charge in [0.15, 0.2) is 0 Å². The third kappa shape index (κ3) is 2.47. The first-order chi connectivity index (χ1) is 6.28. The summed E-state index contributed by atoms with van der Waals surface area (Å²) < 4.78 is 0. The highest BCUT2D eigenvalue weighted by Crippen LogP contribution is 2.51. The van der Waals surface area contributed by atoms with Crippen molar-refractivity contribution in [2.45, 2.75) is 46.1 Å². The lowest BCUT2D eigenvalue weighted by atomic mass is 9.92. The molecule has 0 bridgehead atoms. The molecule has 0 heterocycles. The van der Waals surface area contributed by atoms with Crippen molar-refractivity contribution in [2.24, 2.45) is 11.3 Å². The molecule has 1 fully saturated rings. The molecular weight excluding hydrogens is 178 g/mol. The summed E-state index contributed by atoms with van der Waals surface area (Å²) in [6.07, 6.45) is 2.38. The van der Waals surface area contributed by atoms with Gasteiger partial charge in [-0.15, -0.1) is 0 Å². The van der Waals surface area contributed by atoms with Crippen LogP contribution in [0, 0.1) is 11.3 Å². The van der Waals surface area contributed by atoms with E-state index in [1.54, 1.807) is 0 Å². The predicted molar refractivity (Wildman–Crippen MR) is 55.8 cm³/mol. The van der Waals surface area contributed by atoms with Gasteiger partial charge in [0.1, 0.15) is 5.60 Å². The quantitative estimate of drug-likeness (QED) is 0.717. The SMILES string of the molecule is CC(C)C1(CNC(=O)C(C)(C)O)CC1. The first-order valence-corrected chi connectivity index (χ1v) is 5.29. The number of hydrogen-bond donors (Lipinski definition) is 2. The van der Waals surface area contributed by atoms with E-state index in [-0.39, 0.29) is 5.91 Å². The maximum absolute atomic E-state index is 11.4. The van der Waals surface area contributed by atoms with Crippen molar-refractivity contribution in [2.75, 3.05) is 6.54 Å². The second kappa shape index (κ2) is 3.54. The Morgan fingerprint density at radius 3 is 2.29 bits per heavy atom. The molecule has 0 aliphatic heterocycles. The van der Waals surface area contributed by atoms with E-state index in [0.29, 0.717) is 17.9 Å². The lowest BCUT2D eigenvalue weighted by Gasteiger charge is -2.23. The van der Waals surface area contributed by atoms with E-state index in [1.807, 2.05) is 0 Å². The molecule has 1 saturated carbocycles. The van der Waals surface area contributed by atoms with Crippen molar-refractivity contribution in [1.82, 2.24) is 5.32 Å². The van der Waals surface area contributed by atoms with Crippen molar-refractivity contribution in [3.63, 3.8) is 0 Å². The van der Waals surface area contributed by atoms with Gasteiger partial charge in [0.05, 0.1) is 0 Å². The van der Waals surface area contributed by atoms with Crippen LogP contribution < -0.4 is 5.32 Å². The van der Waals surface area contributed by atoms with Crippen LogP contribution in [-0.4, -0.2) is 23.2 Å². The molecule has 1 rings (SSSR count). The molecule has 0 aromatic carbocycles. The van der Waals surface area contributed by atoms with E-state index < -0.39 is 5.60 Å². The highest BCUT2D eigenvalue weighted by Gasteiger charge is 2.45. The topological polar surface area (TPSA) is 49.3 Å². The molecule has 3 heteroatoms. The standard InChI is InChI=1S/C11H21NO2/c1-8(2)11(5-6-11)7-12-9(13)10(3,4)14/h8,14H,5-7H2,1-4H3,(H,12,13). The van der Waals surface area contributed by atoms with Gasteiger partial charge in [0.2, 0.25) is 0 Å². The fourth-order valence-electron chi connectivity index (χ4n) is 1.59. The largest absolute Gasteiger partial charge is 0.381 e. The summed E-state index contributed by atoms with van der Waals surface area (Å²) in [5, 5.41) is 12.2. The molecule has 1 aliphatic rings. The van der Waals surface area contributed by atoms with E-state index in [9.17, 15) is 9.90 Å². The number of carbonyl (C=O) groups is 1. The third-order valence-corrected chi connectivity index (χ3v) is 3.27. The number of amides is 1. The van der Waals surface area contributed by atoms with Gasteiger partial charge in [-0.1, -0.05) is 13.8 Å². The van der Waals surface area contributed by atoms with Crippen LogP contribution in [0.4, 0.5) is 0 Å². The van der Waals surface area contributed by atoms with Crippen LogP contribution in [-0.2, 0) is 4.79 Å². The Hall–Kier alpha value is -0.570. The molecule has 0 spiro atoms. The summed E-state index contributed by atoms with van der Waals surface area (Å²) in [5.41, 5.74) is -0.950. The minimum absolute atomic E-state index is 0.274. The van der Waals surface area contributed by atoms with Crippen LogP contribution in [0.25, 0.3) is 0 Å². The molecule has 0 atom stereocenters. The van der Waals surface area contributed by atoms with Crippen LogP contribution in [0.3, 0.4) is 0 Å². The summed E-state index contributed by atoms with van der Waals surface area (Å²) in [6, 6.07) is 0. The van der Waals surface area contributed by atoms with E-state index >= 15 is 0 Å². The van der Waals surface area contributed by atoms with Crippen molar-refractivity contribution in [1.29, 1.82) is 0 Å². The number of aliphatic hydroxyl groups is 1. The zero-order valence-corrected chi connectivity index (χ0v) is 9.55. The Morgan fingerprint density at radius 2 is 2.00 bits per heavy atom. The fraction of sp³-hybridized carbons (Fsp3) is 0.909. The summed E-state index contributed by atoms with van der Waals surface area (Å²) >= 11 is 0. The van der Waals surface area contributed by atoms with Crippen LogP contribution in [0.1, 0.15) is 40.5 Å². The monoisotopic (exact) mass is 199 g/mol. The number of hydrogen-bond acceptors (Lipinski definition) is 2. The van der Waals surface area contributed by atoms with Gasteiger partial charge in [0, 0.05) is 6.54 Å². The lowest BCUT2D eigenvalue weighted by molar-refractivity contribution is -0.136. The Labute approximate surface area is 85.9 Å². The average molecular weight is 199 g/mol. The Balaban J connectivity index is 2.38. The second-order valence-electron chi connectivity index (χ2n) is 5.26. The molecule has 2 N–H and O–H groups in total. The fourth-order valence-corrected chi connectivity index (χ4v) is 1.59. The van der Waals surface area contributed by atoms with Gasteiger partial charge in [-0.05, 0) is 38.0 Å². The molecule has 0 aromatic rings. The Kier molecular flexibility index (Phi) is 2.91. The van der Waals surface area contributed by atoms with Crippen LogP contribution in [0.5, 0.6) is 0 Å². The Bertz CT molecular complexity index is 224. The molecule has 1 aliphatic carbocycles. The maximum atomic E-state index is 11.4. The van der Waals surface area contributed by atoms with E-state index in [2.05, 4.69) is 19.2 Å². The van der Waals surface area contributed by atoms with Gasteiger partial charge < -0.3 is 10.4 Å². The second-order valence-corrected chi connectivity index (χ2v) is 5.26. The summed E-state index contributed by atoms with van der Waals surface area (Å²) in [6.45, 7) is 8.09. The molecule has 14 heavy (non-hydrogen) atoms. The first kappa shape index (κ1) is 11.5. The van der Waals surface area contributed by atoms with Gasteiger partial charge >= 0.3 is 0 Å². The predicted octanol–water partition coefficient (Wildman–Crippen LogP) is 1.31. The van der Waals surface area contributed by atoms with Crippen molar-refractivity contribution in [3.05, 3.63) is 0 Å². The number of carbonyl (C=O) groups excluding carboxylic acids is 1. The minimum atomic E-state index is -1.26. The van der Waals surface area contributed by atoms with Crippen molar-refractivity contribution < 1.29 is 9.90 Å².